The monoisotopic (exact) mass is 1860 g/mol. The molecule has 0 radical (unpaired) electrons. The van der Waals surface area contributed by atoms with Crippen LogP contribution >= 0.6 is 60.2 Å². The van der Waals surface area contributed by atoms with Crippen LogP contribution in [0.1, 0.15) is 76.1 Å². The summed E-state index contributed by atoms with van der Waals surface area (Å²) >= 11 is 4.07. The topological polar surface area (TPSA) is 557 Å². The van der Waals surface area contributed by atoms with Crippen LogP contribution in [0.3, 0.4) is 0 Å². The summed E-state index contributed by atoms with van der Waals surface area (Å²) < 4.78 is 123. The maximum atomic E-state index is 11.9. The van der Waals surface area contributed by atoms with E-state index in [2.05, 4.69) is 62.4 Å². The zero-order valence-corrected chi connectivity index (χ0v) is 73.0. The van der Waals surface area contributed by atoms with Gasteiger partial charge in [0, 0.05) is 102 Å². The lowest BCUT2D eigenvalue weighted by molar-refractivity contribution is -0.432. The van der Waals surface area contributed by atoms with Crippen molar-refractivity contribution in [1.82, 2.24) is 39.9 Å². The van der Waals surface area contributed by atoms with Crippen molar-refractivity contribution >= 4 is 190 Å². The Kier molecular flexibility index (Phi) is 28.9. The quantitative estimate of drug-likeness (QED) is 0.0147. The van der Waals surface area contributed by atoms with Crippen molar-refractivity contribution in [3.63, 3.8) is 0 Å². The third-order valence-electron chi connectivity index (χ3n) is 18.8. The van der Waals surface area contributed by atoms with Crippen LogP contribution in [0.25, 0.3) is 177 Å². The molecule has 648 valence electrons. The lowest BCUT2D eigenvalue weighted by Crippen LogP contribution is -2.10. The van der Waals surface area contributed by atoms with Gasteiger partial charge < -0.3 is 11.5 Å². The van der Waals surface area contributed by atoms with Crippen molar-refractivity contribution in [2.24, 2.45) is 23.3 Å². The molecule has 0 atom stereocenters. The van der Waals surface area contributed by atoms with Gasteiger partial charge in [-0.2, -0.15) is 37.0 Å². The number of rotatable bonds is 20. The smallest absolute Gasteiger partial charge is 0.294 e. The Morgan fingerprint density at radius 2 is 0.579 bits per heavy atom. The summed E-state index contributed by atoms with van der Waals surface area (Å²) in [5.41, 5.74) is 26.4. The van der Waals surface area contributed by atoms with Crippen LogP contribution in [0.4, 0.5) is 0 Å². The van der Waals surface area contributed by atoms with E-state index in [9.17, 15) is 48.5 Å². The molecule has 0 bridgehead atoms. The second kappa shape index (κ2) is 39.4. The zero-order chi connectivity index (χ0) is 90.4. The van der Waals surface area contributed by atoms with Crippen molar-refractivity contribution in [2.75, 3.05) is 0 Å². The highest BCUT2D eigenvalue weighted by Crippen LogP contribution is 2.53. The first kappa shape index (κ1) is 92.5. The largest absolute Gasteiger partial charge is 0.366 e. The number of benzene rings is 12. The number of hydrogen-bond donors (Lipinski definition) is 10. The predicted octanol–water partition coefficient (Wildman–Crippen LogP) is 18.7. The van der Waals surface area contributed by atoms with Gasteiger partial charge in [-0.15, -0.1) is 31.6 Å². The molecule has 4 aliphatic rings. The molecule has 44 heteroatoms. The summed E-state index contributed by atoms with van der Waals surface area (Å²) in [6.45, 7) is 16.0. The van der Waals surface area contributed by atoms with Gasteiger partial charge in [0.05, 0.1) is 165 Å². The van der Waals surface area contributed by atoms with E-state index in [-0.39, 0.29) is 14.7 Å². The maximum absolute atomic E-state index is 11.9. The molecular formula is C82H68N12O24S8. The third-order valence-corrected chi connectivity index (χ3v) is 24.1. The summed E-state index contributed by atoms with van der Waals surface area (Å²) in [6.07, 6.45) is 0. The molecule has 2 amide bonds. The molecule has 20 rings (SSSR count). The highest BCUT2D eigenvalue weighted by atomic mass is 32.2. The van der Waals surface area contributed by atoms with E-state index in [0.29, 0.717) is 170 Å². The number of fused-ring (bicyclic) bond motifs is 16. The molecule has 0 spiro atoms. The second-order valence-corrected chi connectivity index (χ2v) is 33.7. The number of primary amides is 2. The van der Waals surface area contributed by atoms with Crippen LogP contribution in [0, 0.1) is 0 Å². The van der Waals surface area contributed by atoms with Crippen molar-refractivity contribution in [2.45, 2.75) is 94.6 Å². The van der Waals surface area contributed by atoms with Gasteiger partial charge >= 0.3 is 0 Å². The molecule has 0 saturated heterocycles. The van der Waals surface area contributed by atoms with E-state index in [0.717, 1.165) is 103 Å². The molecule has 0 unspecified atom stereocenters. The lowest BCUT2D eigenvalue weighted by atomic mass is 10.0. The first-order chi connectivity index (χ1) is 60.7. The number of aromatic nitrogens is 8. The number of carbonyl (C=O) groups excluding carboxylic acids is 2. The molecule has 16 aromatic rings. The van der Waals surface area contributed by atoms with Gasteiger partial charge in [-0.25, -0.2) is 55.6 Å². The Hall–Kier alpha value is -11.1. The summed E-state index contributed by atoms with van der Waals surface area (Å²) in [4.78, 5) is 71.4. The number of carbonyl (C=O) groups is 2. The Morgan fingerprint density at radius 1 is 0.286 bits per heavy atom. The summed E-state index contributed by atoms with van der Waals surface area (Å²) in [5, 5.41) is 42.0. The second-order valence-electron chi connectivity index (χ2n) is 25.5. The lowest BCUT2D eigenvalue weighted by Gasteiger charge is -2.07. The van der Waals surface area contributed by atoms with Gasteiger partial charge in [0.2, 0.25) is 11.8 Å². The molecule has 4 aliphatic carbocycles. The minimum absolute atomic E-state index is 0.194. The van der Waals surface area contributed by atoms with Crippen LogP contribution in [-0.2, 0) is 77.1 Å². The van der Waals surface area contributed by atoms with Crippen LogP contribution < -0.4 is 23.3 Å². The predicted molar refractivity (Wildman–Crippen MR) is 474 cm³/mol. The molecule has 0 fully saturated rings. The standard InChI is InChI=1S/2C19H11N3O4S.2C18H11N3O8S3.4C2H6/c20-19(23)10-4-5-14-15(7-10)22-17-12-3-1-2-9-6-11(27(24,25)26)8-13(16(9)12)18(17)21-14;20-19(23)10-5-9-6-11(27-26-25-24)8-13-16(9)12(7-10)17-18(13)22-15-4-2-1-3-14(15)21-17;19-26-28-31-10-3-8-4-11(32(23,24)25)7-13-16(8)12(5-10)17-18(13)20-14-2-1-9(30-29-27-22)6-15(14)21-17;19-26-28-30-9-1-2-14-15(6-9)21-17-12-5-10(31-29-27-22)3-8-4-11(32(23,24)25)7-13(16(8)12)18(17)20-14;4*1-2/h1-8H,(H2,20,23)(H,24,25,26);1-8,24H,(H2,20,23);2*1-7,22H,19H2,(H,23,24,25);4*1-2H3. The van der Waals surface area contributed by atoms with Crippen LogP contribution in [0.15, 0.2) is 221 Å². The van der Waals surface area contributed by atoms with Gasteiger partial charge in [-0.05, 0) is 173 Å². The van der Waals surface area contributed by atoms with Crippen molar-refractivity contribution in [3.8, 4) is 90.1 Å². The first-order valence-corrected chi connectivity index (χ1v) is 45.3. The van der Waals surface area contributed by atoms with E-state index < -0.39 is 42.2 Å². The maximum Gasteiger partial charge on any atom is 0.294 e. The molecule has 4 heterocycles. The van der Waals surface area contributed by atoms with E-state index in [1.807, 2.05) is 97.9 Å². The fraction of sp³-hybridized carbons (Fsp3) is 0.0976. The van der Waals surface area contributed by atoms with Gasteiger partial charge in [0.25, 0.3) is 30.4 Å². The Balaban J connectivity index is 0.000000140. The van der Waals surface area contributed by atoms with E-state index >= 15 is 0 Å². The molecule has 14 N–H and O–H groups in total. The summed E-state index contributed by atoms with van der Waals surface area (Å²) in [6, 6.07) is 50.4. The molecule has 4 aromatic heterocycles. The minimum Gasteiger partial charge on any atom is -0.366 e. The van der Waals surface area contributed by atoms with Gasteiger partial charge in [-0.3, -0.25) is 23.2 Å². The van der Waals surface area contributed by atoms with Crippen LogP contribution in [-0.4, -0.2) is 106 Å². The average Bonchev–Trinajstić information content (AvgIpc) is 1.58. The summed E-state index contributed by atoms with van der Waals surface area (Å²) in [5.74, 6) is 8.73. The number of para-hydroxylation sites is 2. The van der Waals surface area contributed by atoms with Gasteiger partial charge in [0.1, 0.15) is 0 Å². The average molecular weight is 1860 g/mol. The molecule has 0 saturated carbocycles. The molecule has 36 nitrogen and oxygen atoms in total. The molecule has 126 heavy (non-hydrogen) atoms. The summed E-state index contributed by atoms with van der Waals surface area (Å²) in [7, 11) is -13.3. The normalized spacial score (nSPS) is 11.8. The van der Waals surface area contributed by atoms with Crippen molar-refractivity contribution < 1.29 is 111 Å². The molecule has 0 aliphatic heterocycles. The highest BCUT2D eigenvalue weighted by Gasteiger charge is 2.34. The Bertz CT molecular complexity index is 7200. The number of nitrogens with two attached hydrogens (primary N) is 4. The Morgan fingerprint density at radius 3 is 0.944 bits per heavy atom. The molecular weight excluding hydrogens is 1790 g/mol. The fourth-order valence-corrected chi connectivity index (χ4v) is 18.0. The number of nitrogens with zero attached hydrogens (tertiary/aromatic N) is 8. The van der Waals surface area contributed by atoms with Gasteiger partial charge in [-0.1, -0.05) is 101 Å². The minimum atomic E-state index is -4.48. The Labute approximate surface area is 736 Å². The van der Waals surface area contributed by atoms with Crippen molar-refractivity contribution in [1.29, 1.82) is 0 Å². The van der Waals surface area contributed by atoms with E-state index in [1.54, 1.807) is 103 Å². The molecule has 12 aromatic carbocycles. The van der Waals surface area contributed by atoms with Crippen LogP contribution in [0.2, 0.25) is 0 Å². The SMILES string of the molecule is CC.CC.CC.CC.NC(=O)c1cc2c3c(cc(SOOO)cc3c1)-c1nc3ccccc3nc1-2.NC(=O)c1ccc2nc3c(nc2c1)-c1cccc2cc(S(=O)(=O)O)cc-3c12.NOOSc1cc2c3c(cc(S(=O)(=O)O)cc3c1)-c1nc3ccc(SOOO)cc3nc1-2.NOOSc1ccc2nc3c(nc2c1)-c1cc(SOOO)cc2cc(S(=O)(=O)O)cc-3c12. The number of hydrogen-bond acceptors (Lipinski definition) is 36. The fourth-order valence-electron chi connectivity index (χ4n) is 14.2. The van der Waals surface area contributed by atoms with E-state index in [4.69, 9.17) is 63.3 Å². The zero-order valence-electron chi connectivity index (χ0n) is 66.5. The van der Waals surface area contributed by atoms with E-state index in [1.165, 1.54) is 36.4 Å². The highest BCUT2D eigenvalue weighted by molar-refractivity contribution is 7.95. The van der Waals surface area contributed by atoms with Crippen LogP contribution in [0.5, 0.6) is 0 Å². The number of amides is 2. The third kappa shape index (κ3) is 18.7. The van der Waals surface area contributed by atoms with Crippen molar-refractivity contribution in [3.05, 3.63) is 193 Å². The first-order valence-electron chi connectivity index (χ1n) is 37.3. The van der Waals surface area contributed by atoms with Gasteiger partial charge in [0.15, 0.2) is 0 Å².